The zero-order valence-corrected chi connectivity index (χ0v) is 12.2. The van der Waals surface area contributed by atoms with Gasteiger partial charge in [0.1, 0.15) is 11.6 Å². The van der Waals surface area contributed by atoms with Gasteiger partial charge < -0.3 is 0 Å². The molecule has 0 spiro atoms. The lowest BCUT2D eigenvalue weighted by molar-refractivity contribution is 0.849. The molecule has 0 amide bonds. The maximum atomic E-state index is 6.02. The number of hydrogen-bond acceptors (Lipinski definition) is 3. The topological polar surface area (TPSA) is 38.7 Å². The third-order valence-corrected chi connectivity index (χ3v) is 3.28. The molecule has 0 aliphatic carbocycles. The van der Waals surface area contributed by atoms with Crippen LogP contribution >= 0.6 is 11.6 Å². The number of aromatic nitrogens is 3. The van der Waals surface area contributed by atoms with Crippen LogP contribution in [0.15, 0.2) is 60.7 Å². The van der Waals surface area contributed by atoms with Gasteiger partial charge in [0.05, 0.1) is 0 Å². The second-order valence-electron chi connectivity index (χ2n) is 4.76. The zero-order chi connectivity index (χ0) is 14.5. The molecular formula is C17H14ClN3. The molecule has 0 saturated carbocycles. The third kappa shape index (κ3) is 3.86. The van der Waals surface area contributed by atoms with E-state index in [0.29, 0.717) is 24.5 Å². The van der Waals surface area contributed by atoms with Gasteiger partial charge in [-0.05, 0) is 22.7 Å². The van der Waals surface area contributed by atoms with Crippen LogP contribution in [0.25, 0.3) is 0 Å². The van der Waals surface area contributed by atoms with Crippen molar-refractivity contribution in [1.29, 1.82) is 0 Å². The van der Waals surface area contributed by atoms with E-state index < -0.39 is 0 Å². The molecule has 1 heterocycles. The summed E-state index contributed by atoms with van der Waals surface area (Å²) in [6, 6.07) is 20.2. The summed E-state index contributed by atoms with van der Waals surface area (Å²) in [6.07, 6.45) is 1.32. The van der Waals surface area contributed by atoms with Crippen molar-refractivity contribution in [2.24, 2.45) is 0 Å². The molecular weight excluding hydrogens is 282 g/mol. The van der Waals surface area contributed by atoms with E-state index >= 15 is 0 Å². The van der Waals surface area contributed by atoms with Crippen molar-refractivity contribution in [3.8, 4) is 0 Å². The molecule has 0 saturated heterocycles. The van der Waals surface area contributed by atoms with Gasteiger partial charge in [-0.2, -0.15) is 0 Å². The number of benzene rings is 2. The second kappa shape index (κ2) is 6.46. The summed E-state index contributed by atoms with van der Waals surface area (Å²) in [5.41, 5.74) is 2.32. The molecule has 3 nitrogen and oxygen atoms in total. The van der Waals surface area contributed by atoms with Crippen molar-refractivity contribution >= 4 is 11.6 Å². The van der Waals surface area contributed by atoms with E-state index in [-0.39, 0.29) is 5.28 Å². The number of rotatable bonds is 4. The van der Waals surface area contributed by atoms with Crippen molar-refractivity contribution in [2.75, 3.05) is 0 Å². The van der Waals surface area contributed by atoms with Crippen LogP contribution in [0.1, 0.15) is 22.8 Å². The minimum atomic E-state index is 0.252. The monoisotopic (exact) mass is 295 g/mol. The Morgan fingerprint density at radius 1 is 0.619 bits per heavy atom. The van der Waals surface area contributed by atoms with Crippen molar-refractivity contribution < 1.29 is 0 Å². The van der Waals surface area contributed by atoms with Crippen LogP contribution in [0, 0.1) is 0 Å². The molecule has 1 aromatic heterocycles. The summed E-state index contributed by atoms with van der Waals surface area (Å²) in [6.45, 7) is 0. The van der Waals surface area contributed by atoms with Crippen molar-refractivity contribution in [3.63, 3.8) is 0 Å². The first-order valence-electron chi connectivity index (χ1n) is 6.77. The lowest BCUT2D eigenvalue weighted by atomic mass is 10.1. The first-order valence-corrected chi connectivity index (χ1v) is 7.14. The highest BCUT2D eigenvalue weighted by molar-refractivity contribution is 6.28. The largest absolute Gasteiger partial charge is 0.225 e. The Balaban J connectivity index is 1.83. The Morgan fingerprint density at radius 2 is 1.05 bits per heavy atom. The second-order valence-corrected chi connectivity index (χ2v) is 5.10. The fraction of sp³-hybridized carbons (Fsp3) is 0.118. The van der Waals surface area contributed by atoms with Crippen LogP contribution in [0.4, 0.5) is 0 Å². The van der Waals surface area contributed by atoms with Crippen molar-refractivity contribution in [1.82, 2.24) is 15.0 Å². The Hall–Kier alpha value is -2.26. The first-order chi connectivity index (χ1) is 10.3. The van der Waals surface area contributed by atoms with Gasteiger partial charge in [0, 0.05) is 12.8 Å². The Labute approximate surface area is 128 Å². The van der Waals surface area contributed by atoms with Gasteiger partial charge in [0.2, 0.25) is 5.28 Å². The maximum absolute atomic E-state index is 6.02. The molecule has 21 heavy (non-hydrogen) atoms. The predicted octanol–water partition coefficient (Wildman–Crippen LogP) is 3.71. The molecule has 0 aliphatic rings. The molecule has 2 aromatic carbocycles. The van der Waals surface area contributed by atoms with E-state index in [1.165, 1.54) is 0 Å². The van der Waals surface area contributed by atoms with E-state index in [9.17, 15) is 0 Å². The fourth-order valence-electron chi connectivity index (χ4n) is 2.15. The highest BCUT2D eigenvalue weighted by Crippen LogP contribution is 2.11. The molecule has 0 N–H and O–H groups in total. The van der Waals surface area contributed by atoms with Gasteiger partial charge in [-0.3, -0.25) is 0 Å². The van der Waals surface area contributed by atoms with Gasteiger partial charge in [0.25, 0.3) is 0 Å². The highest BCUT2D eigenvalue weighted by Gasteiger charge is 2.07. The lowest BCUT2D eigenvalue weighted by Gasteiger charge is -2.05. The highest BCUT2D eigenvalue weighted by atomic mass is 35.5. The normalized spacial score (nSPS) is 10.5. The van der Waals surface area contributed by atoms with Gasteiger partial charge in [0.15, 0.2) is 0 Å². The maximum Gasteiger partial charge on any atom is 0.225 e. The van der Waals surface area contributed by atoms with Crippen LogP contribution in [-0.2, 0) is 12.8 Å². The molecule has 0 radical (unpaired) electrons. The molecule has 104 valence electrons. The summed E-state index contributed by atoms with van der Waals surface area (Å²) in [5.74, 6) is 1.40. The molecule has 0 atom stereocenters. The Kier molecular flexibility index (Phi) is 4.22. The van der Waals surface area contributed by atoms with E-state index in [0.717, 1.165) is 11.1 Å². The summed E-state index contributed by atoms with van der Waals surface area (Å²) < 4.78 is 0. The number of hydrogen-bond donors (Lipinski definition) is 0. The van der Waals surface area contributed by atoms with Crippen molar-refractivity contribution in [2.45, 2.75) is 12.8 Å². The average molecular weight is 296 g/mol. The lowest BCUT2D eigenvalue weighted by Crippen LogP contribution is -2.05. The fourth-order valence-corrected chi connectivity index (χ4v) is 2.35. The van der Waals surface area contributed by atoms with Crippen LogP contribution in [0.3, 0.4) is 0 Å². The molecule has 0 bridgehead atoms. The summed E-state index contributed by atoms with van der Waals surface area (Å²) >= 11 is 6.02. The summed E-state index contributed by atoms with van der Waals surface area (Å²) in [4.78, 5) is 12.9. The van der Waals surface area contributed by atoms with E-state index in [1.54, 1.807) is 0 Å². The Bertz CT molecular complexity index is 655. The van der Waals surface area contributed by atoms with Crippen LogP contribution in [-0.4, -0.2) is 15.0 Å². The SMILES string of the molecule is Clc1nc(Cc2ccccc2)nc(Cc2ccccc2)n1. The van der Waals surface area contributed by atoms with Gasteiger partial charge in [-0.15, -0.1) is 0 Å². The van der Waals surface area contributed by atoms with Gasteiger partial charge >= 0.3 is 0 Å². The van der Waals surface area contributed by atoms with Crippen LogP contribution < -0.4 is 0 Å². The number of halogens is 1. The van der Waals surface area contributed by atoms with E-state index in [1.807, 2.05) is 36.4 Å². The zero-order valence-electron chi connectivity index (χ0n) is 11.4. The average Bonchev–Trinajstić information content (AvgIpc) is 2.48. The molecule has 4 heteroatoms. The number of nitrogens with zero attached hydrogens (tertiary/aromatic N) is 3. The smallest absolute Gasteiger partial charge is 0.217 e. The standard InChI is InChI=1S/C17H14ClN3/c18-17-20-15(11-13-7-3-1-4-8-13)19-16(21-17)12-14-9-5-2-6-10-14/h1-10H,11-12H2. The van der Waals surface area contributed by atoms with Crippen molar-refractivity contribution in [3.05, 3.63) is 88.7 Å². The Morgan fingerprint density at radius 3 is 1.48 bits per heavy atom. The van der Waals surface area contributed by atoms with Gasteiger partial charge in [-0.1, -0.05) is 60.7 Å². The predicted molar refractivity (Wildman–Crippen MR) is 83.3 cm³/mol. The minimum Gasteiger partial charge on any atom is -0.217 e. The van der Waals surface area contributed by atoms with Crippen LogP contribution in [0.5, 0.6) is 0 Å². The van der Waals surface area contributed by atoms with E-state index in [2.05, 4.69) is 39.2 Å². The quantitative estimate of drug-likeness (QED) is 0.736. The van der Waals surface area contributed by atoms with Gasteiger partial charge in [-0.25, -0.2) is 15.0 Å². The first kappa shape index (κ1) is 13.7. The molecule has 0 fully saturated rings. The molecule has 3 aromatic rings. The summed E-state index contributed by atoms with van der Waals surface area (Å²) in [5, 5.41) is 0.252. The van der Waals surface area contributed by atoms with Crippen LogP contribution in [0.2, 0.25) is 5.28 Å². The minimum absolute atomic E-state index is 0.252. The summed E-state index contributed by atoms with van der Waals surface area (Å²) in [7, 11) is 0. The molecule has 0 aliphatic heterocycles. The van der Waals surface area contributed by atoms with E-state index in [4.69, 9.17) is 11.6 Å². The third-order valence-electron chi connectivity index (χ3n) is 3.11. The molecule has 0 unspecified atom stereocenters. The molecule has 3 rings (SSSR count).